The van der Waals surface area contributed by atoms with E-state index >= 15 is 0 Å². The van der Waals surface area contributed by atoms with Gasteiger partial charge in [-0.3, -0.25) is 14.5 Å². The van der Waals surface area contributed by atoms with Crippen LogP contribution >= 0.6 is 0 Å². The van der Waals surface area contributed by atoms with E-state index in [1.54, 1.807) is 0 Å². The zero-order chi connectivity index (χ0) is 20.4. The summed E-state index contributed by atoms with van der Waals surface area (Å²) in [6, 6.07) is 7.28. The molecule has 0 aromatic heterocycles. The molecule has 1 aromatic rings. The van der Waals surface area contributed by atoms with Crippen LogP contribution in [0.2, 0.25) is 0 Å². The topological polar surface area (TPSA) is 62.3 Å². The summed E-state index contributed by atoms with van der Waals surface area (Å²) < 4.78 is 11.5. The molecule has 1 aromatic carbocycles. The molecule has 158 valence electrons. The van der Waals surface area contributed by atoms with Crippen LogP contribution in [0.15, 0.2) is 24.3 Å². The van der Waals surface area contributed by atoms with Gasteiger partial charge >= 0.3 is 0 Å². The van der Waals surface area contributed by atoms with Crippen LogP contribution in [0.3, 0.4) is 0 Å². The molecule has 2 unspecified atom stereocenters. The van der Waals surface area contributed by atoms with Crippen molar-refractivity contribution in [2.45, 2.75) is 38.8 Å². The van der Waals surface area contributed by atoms with Crippen LogP contribution in [0.1, 0.15) is 26.7 Å². The van der Waals surface area contributed by atoms with Gasteiger partial charge in [-0.1, -0.05) is 19.1 Å². The molecule has 0 saturated carbocycles. The first-order valence-electron chi connectivity index (χ1n) is 10.7. The number of rotatable bonds is 3. The number of amides is 2. The third-order valence-electron chi connectivity index (χ3n) is 6.41. The van der Waals surface area contributed by atoms with Crippen molar-refractivity contribution in [1.82, 2.24) is 14.7 Å². The van der Waals surface area contributed by atoms with Crippen molar-refractivity contribution >= 4 is 11.8 Å². The summed E-state index contributed by atoms with van der Waals surface area (Å²) in [6.45, 7) is 8.82. The highest BCUT2D eigenvalue weighted by atomic mass is 16.6. The van der Waals surface area contributed by atoms with Gasteiger partial charge in [-0.25, -0.2) is 0 Å². The normalized spacial score (nSPS) is 24.3. The summed E-state index contributed by atoms with van der Waals surface area (Å²) in [5, 5.41) is 0. The number of carbonyl (C=O) groups excluding carboxylic acids is 2. The van der Waals surface area contributed by atoms with Gasteiger partial charge in [0, 0.05) is 39.3 Å². The van der Waals surface area contributed by atoms with Gasteiger partial charge in [-0.15, -0.1) is 0 Å². The van der Waals surface area contributed by atoms with Gasteiger partial charge in [0.1, 0.15) is 6.61 Å². The van der Waals surface area contributed by atoms with E-state index in [-0.39, 0.29) is 24.5 Å². The minimum Gasteiger partial charge on any atom is -0.485 e. The maximum Gasteiger partial charge on any atom is 0.267 e. The number of ether oxygens (including phenoxy) is 2. The quantitative estimate of drug-likeness (QED) is 0.770. The first-order chi connectivity index (χ1) is 14.0. The van der Waals surface area contributed by atoms with Crippen molar-refractivity contribution in [3.63, 3.8) is 0 Å². The third-order valence-corrected chi connectivity index (χ3v) is 6.41. The molecule has 0 radical (unpaired) electrons. The second kappa shape index (κ2) is 8.61. The summed E-state index contributed by atoms with van der Waals surface area (Å²) in [4.78, 5) is 31.8. The molecule has 2 fully saturated rings. The van der Waals surface area contributed by atoms with Crippen LogP contribution in [0.5, 0.6) is 11.5 Å². The Balaban J connectivity index is 1.28. The lowest BCUT2D eigenvalue weighted by atomic mass is 9.98. The van der Waals surface area contributed by atoms with Crippen molar-refractivity contribution in [3.8, 4) is 11.5 Å². The summed E-state index contributed by atoms with van der Waals surface area (Å²) >= 11 is 0. The van der Waals surface area contributed by atoms with E-state index in [0.717, 1.165) is 25.9 Å². The highest BCUT2D eigenvalue weighted by Gasteiger charge is 2.35. The average molecular weight is 402 g/mol. The Kier molecular flexibility index (Phi) is 5.94. The molecule has 3 aliphatic heterocycles. The first kappa shape index (κ1) is 20.0. The maximum absolute atomic E-state index is 12.9. The molecular weight excluding hydrogens is 370 g/mol. The Morgan fingerprint density at radius 2 is 1.62 bits per heavy atom. The molecule has 0 bridgehead atoms. The summed E-state index contributed by atoms with van der Waals surface area (Å²) in [5.74, 6) is 2.19. The minimum atomic E-state index is -0.606. The van der Waals surface area contributed by atoms with E-state index < -0.39 is 6.10 Å². The van der Waals surface area contributed by atoms with E-state index in [9.17, 15) is 9.59 Å². The molecule has 0 spiro atoms. The fourth-order valence-corrected chi connectivity index (χ4v) is 4.32. The summed E-state index contributed by atoms with van der Waals surface area (Å²) in [7, 11) is 0. The number of piperidine rings is 1. The Labute approximate surface area is 172 Å². The number of benzene rings is 1. The lowest BCUT2D eigenvalue weighted by Gasteiger charge is -2.41. The Morgan fingerprint density at radius 3 is 2.31 bits per heavy atom. The van der Waals surface area contributed by atoms with Gasteiger partial charge in [0.15, 0.2) is 11.5 Å². The second-order valence-corrected chi connectivity index (χ2v) is 8.41. The van der Waals surface area contributed by atoms with Crippen LogP contribution in [0.25, 0.3) is 0 Å². The molecule has 0 N–H and O–H groups in total. The Bertz CT molecular complexity index is 739. The minimum absolute atomic E-state index is 0.0387. The predicted molar refractivity (Wildman–Crippen MR) is 109 cm³/mol. The number of fused-ring (bicyclic) bond motifs is 1. The molecule has 7 heteroatoms. The van der Waals surface area contributed by atoms with E-state index in [4.69, 9.17) is 9.47 Å². The van der Waals surface area contributed by atoms with Gasteiger partial charge in [0.05, 0.1) is 6.04 Å². The SMILES string of the molecule is CC1CCN(C(=O)C(C)N2CCN(C(=O)C3COc4ccccc4O3)CC2)CC1. The number of piperazine rings is 1. The summed E-state index contributed by atoms with van der Waals surface area (Å²) in [5.41, 5.74) is 0. The third kappa shape index (κ3) is 4.34. The zero-order valence-electron chi connectivity index (χ0n) is 17.4. The molecule has 2 amide bonds. The number of hydrogen-bond acceptors (Lipinski definition) is 5. The van der Waals surface area contributed by atoms with E-state index in [0.29, 0.717) is 43.6 Å². The second-order valence-electron chi connectivity index (χ2n) is 8.41. The van der Waals surface area contributed by atoms with Gasteiger partial charge in [0.25, 0.3) is 5.91 Å². The Hall–Kier alpha value is -2.28. The lowest BCUT2D eigenvalue weighted by Crippen LogP contribution is -2.58. The molecule has 7 nitrogen and oxygen atoms in total. The smallest absolute Gasteiger partial charge is 0.267 e. The molecule has 2 saturated heterocycles. The predicted octanol–water partition coefficient (Wildman–Crippen LogP) is 1.62. The largest absolute Gasteiger partial charge is 0.485 e. The molecule has 0 aliphatic carbocycles. The first-order valence-corrected chi connectivity index (χ1v) is 10.7. The van der Waals surface area contributed by atoms with Gasteiger partial charge < -0.3 is 19.3 Å². The number of hydrogen-bond donors (Lipinski definition) is 0. The standard InChI is InChI=1S/C22H31N3O4/c1-16-7-9-24(10-8-16)21(26)17(2)23-11-13-25(14-12-23)22(27)20-15-28-18-5-3-4-6-19(18)29-20/h3-6,16-17,20H,7-15H2,1-2H3. The van der Waals surface area contributed by atoms with Crippen LogP contribution < -0.4 is 9.47 Å². The van der Waals surface area contributed by atoms with Crippen molar-refractivity contribution in [1.29, 1.82) is 0 Å². The van der Waals surface area contributed by atoms with Crippen LogP contribution in [-0.2, 0) is 9.59 Å². The fourth-order valence-electron chi connectivity index (χ4n) is 4.32. The number of carbonyl (C=O) groups is 2. The van der Waals surface area contributed by atoms with E-state index in [1.165, 1.54) is 0 Å². The summed E-state index contributed by atoms with van der Waals surface area (Å²) in [6.07, 6.45) is 1.58. The van der Waals surface area contributed by atoms with Crippen molar-refractivity contribution in [3.05, 3.63) is 24.3 Å². The monoisotopic (exact) mass is 401 g/mol. The van der Waals surface area contributed by atoms with Gasteiger partial charge in [-0.2, -0.15) is 0 Å². The van der Waals surface area contributed by atoms with Gasteiger partial charge in [0.2, 0.25) is 12.0 Å². The molecule has 4 rings (SSSR count). The van der Waals surface area contributed by atoms with Crippen molar-refractivity contribution < 1.29 is 19.1 Å². The highest BCUT2D eigenvalue weighted by Crippen LogP contribution is 2.31. The van der Waals surface area contributed by atoms with Crippen molar-refractivity contribution in [2.75, 3.05) is 45.9 Å². The number of nitrogens with zero attached hydrogens (tertiary/aromatic N) is 3. The molecule has 29 heavy (non-hydrogen) atoms. The highest BCUT2D eigenvalue weighted by molar-refractivity contribution is 5.83. The zero-order valence-corrected chi connectivity index (χ0v) is 17.4. The van der Waals surface area contributed by atoms with Crippen LogP contribution in [0, 0.1) is 5.92 Å². The number of para-hydroxylation sites is 2. The van der Waals surface area contributed by atoms with Crippen molar-refractivity contribution in [2.24, 2.45) is 5.92 Å². The van der Waals surface area contributed by atoms with Crippen LogP contribution in [-0.4, -0.2) is 84.5 Å². The molecule has 2 atom stereocenters. The Morgan fingerprint density at radius 1 is 0.966 bits per heavy atom. The molecular formula is C22H31N3O4. The molecule has 3 aliphatic rings. The maximum atomic E-state index is 12.9. The lowest BCUT2D eigenvalue weighted by molar-refractivity contribution is -0.144. The van der Waals surface area contributed by atoms with E-state index in [2.05, 4.69) is 11.8 Å². The number of likely N-dealkylation sites (tertiary alicyclic amines) is 1. The van der Waals surface area contributed by atoms with Gasteiger partial charge in [-0.05, 0) is 37.8 Å². The molecule has 3 heterocycles. The van der Waals surface area contributed by atoms with Crippen LogP contribution in [0.4, 0.5) is 0 Å². The average Bonchev–Trinajstić information content (AvgIpc) is 2.78. The fraction of sp³-hybridized carbons (Fsp3) is 0.636. The van der Waals surface area contributed by atoms with E-state index in [1.807, 2.05) is 41.0 Å².